The molecule has 0 saturated carbocycles. The standard InChI is InChI=1S/C27H41N3O7S/c1-3-5-11-28(12-6-4-2)25(31)18-29-17-21(20-8-9-23-24(16-20)37-19-36-23)26(27(32)33)22(29)10-14-30-13-7-15-38(30,34)35/h8-9,16,21-22,26H,3-7,10-15,17-19H2,1-2H3,(H,32,33)/t21-,22+,26-/m1/s1. The molecule has 1 amide bonds. The van der Waals surface area contributed by atoms with Crippen LogP contribution < -0.4 is 9.47 Å². The number of hydrogen-bond acceptors (Lipinski definition) is 7. The monoisotopic (exact) mass is 551 g/mol. The van der Waals surface area contributed by atoms with Gasteiger partial charge in [0.25, 0.3) is 0 Å². The van der Waals surface area contributed by atoms with Gasteiger partial charge in [0, 0.05) is 44.7 Å². The molecule has 1 aromatic rings. The molecular formula is C27H41N3O7S. The van der Waals surface area contributed by atoms with E-state index in [1.54, 1.807) is 6.07 Å². The maximum Gasteiger partial charge on any atom is 0.308 e. The van der Waals surface area contributed by atoms with Crippen LogP contribution in [0.5, 0.6) is 11.5 Å². The molecular weight excluding hydrogens is 510 g/mol. The Bertz CT molecular complexity index is 1090. The van der Waals surface area contributed by atoms with Crippen LogP contribution in [0.4, 0.5) is 0 Å². The van der Waals surface area contributed by atoms with Crippen molar-refractivity contribution >= 4 is 21.9 Å². The topological polar surface area (TPSA) is 117 Å². The van der Waals surface area contributed by atoms with Gasteiger partial charge in [-0.2, -0.15) is 0 Å². The first-order chi connectivity index (χ1) is 18.2. The molecule has 3 atom stereocenters. The molecule has 2 saturated heterocycles. The molecule has 1 N–H and O–H groups in total. The van der Waals surface area contributed by atoms with E-state index >= 15 is 0 Å². The molecule has 212 valence electrons. The van der Waals surface area contributed by atoms with Crippen molar-refractivity contribution in [2.45, 2.75) is 64.3 Å². The average Bonchev–Trinajstić information content (AvgIpc) is 3.58. The van der Waals surface area contributed by atoms with Gasteiger partial charge in [-0.25, -0.2) is 12.7 Å². The zero-order valence-electron chi connectivity index (χ0n) is 22.5. The molecule has 1 aromatic carbocycles. The van der Waals surface area contributed by atoms with E-state index < -0.39 is 28.0 Å². The van der Waals surface area contributed by atoms with Crippen LogP contribution >= 0.6 is 0 Å². The number of likely N-dealkylation sites (tertiary alicyclic amines) is 1. The lowest BCUT2D eigenvalue weighted by atomic mass is 9.84. The second-order valence-electron chi connectivity index (χ2n) is 10.5. The Morgan fingerprint density at radius 3 is 2.45 bits per heavy atom. The fraction of sp³-hybridized carbons (Fsp3) is 0.704. The highest BCUT2D eigenvalue weighted by atomic mass is 32.2. The number of unbranched alkanes of at least 4 members (excludes halogenated alkanes) is 2. The summed E-state index contributed by atoms with van der Waals surface area (Å²) < 4.78 is 37.3. The molecule has 0 unspecified atom stereocenters. The van der Waals surface area contributed by atoms with E-state index in [1.165, 1.54) is 4.31 Å². The highest BCUT2D eigenvalue weighted by molar-refractivity contribution is 7.89. The first kappa shape index (κ1) is 28.6. The Morgan fingerprint density at radius 2 is 1.82 bits per heavy atom. The van der Waals surface area contributed by atoms with Crippen LogP contribution in [-0.4, -0.2) is 97.4 Å². The van der Waals surface area contributed by atoms with E-state index in [-0.39, 0.29) is 37.5 Å². The Hall–Kier alpha value is -2.37. The third kappa shape index (κ3) is 6.43. The highest BCUT2D eigenvalue weighted by Crippen LogP contribution is 2.43. The number of ether oxygens (including phenoxy) is 2. The van der Waals surface area contributed by atoms with E-state index in [2.05, 4.69) is 13.8 Å². The summed E-state index contributed by atoms with van der Waals surface area (Å²) in [5.41, 5.74) is 0.823. The zero-order chi connectivity index (χ0) is 27.3. The first-order valence-electron chi connectivity index (χ1n) is 13.9. The van der Waals surface area contributed by atoms with Crippen molar-refractivity contribution < 1.29 is 32.6 Å². The number of benzene rings is 1. The molecule has 3 aliphatic rings. The van der Waals surface area contributed by atoms with E-state index in [1.807, 2.05) is 21.9 Å². The fourth-order valence-electron chi connectivity index (χ4n) is 5.89. The lowest BCUT2D eigenvalue weighted by molar-refractivity contribution is -0.143. The number of carbonyl (C=O) groups is 2. The van der Waals surface area contributed by atoms with Crippen molar-refractivity contribution in [3.63, 3.8) is 0 Å². The van der Waals surface area contributed by atoms with Crippen molar-refractivity contribution in [3.05, 3.63) is 23.8 Å². The number of amides is 1. The van der Waals surface area contributed by atoms with E-state index in [9.17, 15) is 23.1 Å². The number of nitrogens with zero attached hydrogens (tertiary/aromatic N) is 3. The van der Waals surface area contributed by atoms with Crippen molar-refractivity contribution in [1.82, 2.24) is 14.1 Å². The molecule has 38 heavy (non-hydrogen) atoms. The minimum Gasteiger partial charge on any atom is -0.481 e. The molecule has 0 spiro atoms. The second-order valence-corrected chi connectivity index (χ2v) is 12.6. The first-order valence-corrected chi connectivity index (χ1v) is 15.5. The van der Waals surface area contributed by atoms with Gasteiger partial charge in [0.15, 0.2) is 11.5 Å². The number of aliphatic carboxylic acids is 1. The Labute approximate surface area is 225 Å². The van der Waals surface area contributed by atoms with Crippen LogP contribution in [0.1, 0.15) is 63.9 Å². The van der Waals surface area contributed by atoms with Gasteiger partial charge in [0.1, 0.15) is 0 Å². The molecule has 3 heterocycles. The quantitative estimate of drug-likeness (QED) is 0.398. The van der Waals surface area contributed by atoms with Gasteiger partial charge < -0.3 is 19.5 Å². The maximum absolute atomic E-state index is 13.5. The Morgan fingerprint density at radius 1 is 1.11 bits per heavy atom. The zero-order valence-corrected chi connectivity index (χ0v) is 23.3. The summed E-state index contributed by atoms with van der Waals surface area (Å²) in [5.74, 6) is -0.740. The van der Waals surface area contributed by atoms with Gasteiger partial charge in [-0.05, 0) is 43.4 Å². The summed E-state index contributed by atoms with van der Waals surface area (Å²) in [7, 11) is -3.30. The van der Waals surface area contributed by atoms with Gasteiger partial charge in [-0.3, -0.25) is 14.5 Å². The Balaban J connectivity index is 1.59. The smallest absolute Gasteiger partial charge is 0.308 e. The number of carbonyl (C=O) groups excluding carboxylic acids is 1. The van der Waals surface area contributed by atoms with Crippen molar-refractivity contribution in [3.8, 4) is 11.5 Å². The summed E-state index contributed by atoms with van der Waals surface area (Å²) in [4.78, 5) is 30.1. The van der Waals surface area contributed by atoms with E-state index in [4.69, 9.17) is 9.47 Å². The SMILES string of the molecule is CCCCN(CCCC)C(=O)CN1C[C@H](c2ccc3c(c2)OCO3)[C@@H](C(=O)O)[C@@H]1CCN1CCCS1(=O)=O. The maximum atomic E-state index is 13.5. The third-order valence-electron chi connectivity index (χ3n) is 7.99. The minimum atomic E-state index is -3.30. The van der Waals surface area contributed by atoms with Crippen LogP contribution in [0.15, 0.2) is 18.2 Å². The summed E-state index contributed by atoms with van der Waals surface area (Å²) in [5, 5.41) is 10.4. The predicted molar refractivity (Wildman–Crippen MR) is 143 cm³/mol. The normalized spacial score (nSPS) is 24.6. The highest BCUT2D eigenvalue weighted by Gasteiger charge is 2.47. The van der Waals surface area contributed by atoms with Crippen molar-refractivity contribution in [2.75, 3.05) is 51.8 Å². The molecule has 3 aliphatic heterocycles. The molecule has 2 fully saturated rings. The molecule has 0 aliphatic carbocycles. The van der Waals surface area contributed by atoms with Crippen LogP contribution in [0, 0.1) is 5.92 Å². The predicted octanol–water partition coefficient (Wildman–Crippen LogP) is 2.74. The number of carboxylic acid groups (broad SMARTS) is 1. The third-order valence-corrected chi connectivity index (χ3v) is 9.95. The number of sulfonamides is 1. The van der Waals surface area contributed by atoms with E-state index in [0.717, 1.165) is 31.2 Å². The summed E-state index contributed by atoms with van der Waals surface area (Å²) in [6.07, 6.45) is 4.75. The van der Waals surface area contributed by atoms with Gasteiger partial charge >= 0.3 is 5.97 Å². The van der Waals surface area contributed by atoms with Gasteiger partial charge in [0.2, 0.25) is 22.7 Å². The van der Waals surface area contributed by atoms with E-state index in [0.29, 0.717) is 50.5 Å². The lowest BCUT2D eigenvalue weighted by Gasteiger charge is -2.30. The Kier molecular flexibility index (Phi) is 9.54. The molecule has 4 rings (SSSR count). The van der Waals surface area contributed by atoms with Crippen molar-refractivity contribution in [2.24, 2.45) is 5.92 Å². The summed E-state index contributed by atoms with van der Waals surface area (Å²) in [6.45, 7) is 6.93. The van der Waals surface area contributed by atoms with Gasteiger partial charge in [-0.1, -0.05) is 32.8 Å². The van der Waals surface area contributed by atoms with Gasteiger partial charge in [0.05, 0.1) is 18.2 Å². The fourth-order valence-corrected chi connectivity index (χ4v) is 7.43. The number of fused-ring (bicyclic) bond motifs is 1. The average molecular weight is 552 g/mol. The molecule has 0 radical (unpaired) electrons. The van der Waals surface area contributed by atoms with Gasteiger partial charge in [-0.15, -0.1) is 0 Å². The van der Waals surface area contributed by atoms with Crippen LogP contribution in [-0.2, 0) is 19.6 Å². The number of hydrogen-bond donors (Lipinski definition) is 1. The summed E-state index contributed by atoms with van der Waals surface area (Å²) >= 11 is 0. The number of carboxylic acids is 1. The molecule has 11 heteroatoms. The minimum absolute atomic E-state index is 0.00108. The summed E-state index contributed by atoms with van der Waals surface area (Å²) in [6, 6.07) is 5.04. The molecule has 0 bridgehead atoms. The van der Waals surface area contributed by atoms with Crippen molar-refractivity contribution in [1.29, 1.82) is 0 Å². The molecule has 10 nitrogen and oxygen atoms in total. The number of rotatable bonds is 13. The van der Waals surface area contributed by atoms with Crippen LogP contribution in [0.3, 0.4) is 0 Å². The van der Waals surface area contributed by atoms with Crippen LogP contribution in [0.2, 0.25) is 0 Å². The largest absolute Gasteiger partial charge is 0.481 e. The lowest BCUT2D eigenvalue weighted by Crippen LogP contribution is -2.45. The molecule has 0 aromatic heterocycles. The second kappa shape index (κ2) is 12.7. The van der Waals surface area contributed by atoms with Crippen LogP contribution in [0.25, 0.3) is 0 Å².